The van der Waals surface area contributed by atoms with E-state index in [1.165, 1.54) is 29.0 Å². The average molecular weight is 342 g/mol. The van der Waals surface area contributed by atoms with Crippen molar-refractivity contribution in [2.24, 2.45) is 0 Å². The molecule has 0 bridgehead atoms. The highest BCUT2D eigenvalue weighted by Gasteiger charge is 2.09. The Kier molecular flexibility index (Phi) is 4.23. The van der Waals surface area contributed by atoms with Crippen LogP contribution in [0.2, 0.25) is 0 Å². The van der Waals surface area contributed by atoms with E-state index in [0.717, 1.165) is 17.5 Å². The maximum absolute atomic E-state index is 11.3. The predicted octanol–water partition coefficient (Wildman–Crippen LogP) is 5.16. The Hall–Kier alpha value is -3.40. The van der Waals surface area contributed by atoms with E-state index >= 15 is 0 Å². The molecule has 0 aliphatic carbocycles. The van der Waals surface area contributed by atoms with E-state index in [0.29, 0.717) is 5.69 Å². The topological polar surface area (TPSA) is 51.2 Å². The molecule has 3 aromatic carbocycles. The first-order valence-electron chi connectivity index (χ1n) is 8.45. The molecule has 4 nitrogen and oxygen atoms in total. The van der Waals surface area contributed by atoms with Gasteiger partial charge in [-0.1, -0.05) is 48.5 Å². The lowest BCUT2D eigenvalue weighted by Crippen LogP contribution is -2.10. The van der Waals surface area contributed by atoms with Crippen molar-refractivity contribution in [2.75, 3.05) is 12.4 Å². The van der Waals surface area contributed by atoms with E-state index in [9.17, 15) is 4.79 Å². The summed E-state index contributed by atoms with van der Waals surface area (Å²) in [7, 11) is 1.35. The molecule has 0 unspecified atom stereocenters. The molecule has 1 amide bonds. The molecule has 1 aromatic heterocycles. The molecule has 0 fully saturated rings. The number of fused-ring (bicyclic) bond motifs is 2. The normalized spacial score (nSPS) is 10.8. The second kappa shape index (κ2) is 6.84. The molecule has 4 rings (SSSR count). The number of para-hydroxylation sites is 2. The molecule has 26 heavy (non-hydrogen) atoms. The number of hydrogen-bond donors (Lipinski definition) is 1. The number of carbonyl (C=O) groups excluding carboxylic acids is 1. The number of ether oxygens (including phenoxy) is 1. The van der Waals surface area contributed by atoms with Crippen molar-refractivity contribution in [2.45, 2.75) is 6.42 Å². The van der Waals surface area contributed by atoms with E-state index in [-0.39, 0.29) is 0 Å². The SMILES string of the molecule is COC(=O)Nc1ccc(Cc2c3ccccc3nc3ccccc23)cc1. The van der Waals surface area contributed by atoms with Gasteiger partial charge in [0.1, 0.15) is 0 Å². The van der Waals surface area contributed by atoms with Crippen molar-refractivity contribution >= 4 is 33.6 Å². The minimum Gasteiger partial charge on any atom is -0.453 e. The van der Waals surface area contributed by atoms with Crippen LogP contribution in [0.25, 0.3) is 21.8 Å². The van der Waals surface area contributed by atoms with Crippen LogP contribution in [-0.2, 0) is 11.2 Å². The second-order valence-electron chi connectivity index (χ2n) is 6.11. The Morgan fingerprint density at radius 1 is 0.885 bits per heavy atom. The van der Waals surface area contributed by atoms with Crippen molar-refractivity contribution in [1.29, 1.82) is 0 Å². The summed E-state index contributed by atoms with van der Waals surface area (Å²) < 4.78 is 4.62. The number of methoxy groups -OCH3 is 1. The molecule has 4 aromatic rings. The van der Waals surface area contributed by atoms with Crippen LogP contribution in [0.4, 0.5) is 10.5 Å². The smallest absolute Gasteiger partial charge is 0.411 e. The van der Waals surface area contributed by atoms with Gasteiger partial charge in [0, 0.05) is 16.5 Å². The highest BCUT2D eigenvalue weighted by atomic mass is 16.5. The van der Waals surface area contributed by atoms with Gasteiger partial charge in [0.25, 0.3) is 0 Å². The number of aromatic nitrogens is 1. The highest BCUT2D eigenvalue weighted by molar-refractivity contribution is 5.97. The molecule has 1 N–H and O–H groups in total. The molecule has 4 heteroatoms. The maximum atomic E-state index is 11.3. The average Bonchev–Trinajstić information content (AvgIpc) is 2.69. The minimum absolute atomic E-state index is 0.469. The zero-order chi connectivity index (χ0) is 17.9. The van der Waals surface area contributed by atoms with Gasteiger partial charge >= 0.3 is 6.09 Å². The molecule has 0 saturated heterocycles. The third-order valence-corrected chi connectivity index (χ3v) is 4.47. The standard InChI is InChI=1S/C22H18N2O2/c1-26-22(25)23-16-12-10-15(11-13-16)14-19-17-6-2-4-8-20(17)24-21-9-5-3-7-18(19)21/h2-13H,14H2,1H3,(H,23,25). The molecule has 0 aliphatic heterocycles. The van der Waals surface area contributed by atoms with Crippen LogP contribution in [-0.4, -0.2) is 18.2 Å². The van der Waals surface area contributed by atoms with Crippen LogP contribution in [0.5, 0.6) is 0 Å². The molecule has 0 radical (unpaired) electrons. The number of nitrogens with zero attached hydrogens (tertiary/aromatic N) is 1. The molecular formula is C22H18N2O2. The van der Waals surface area contributed by atoms with Crippen LogP contribution in [0, 0.1) is 0 Å². The van der Waals surface area contributed by atoms with Crippen LogP contribution in [0.15, 0.2) is 72.8 Å². The van der Waals surface area contributed by atoms with Gasteiger partial charge < -0.3 is 4.74 Å². The van der Waals surface area contributed by atoms with Crippen molar-refractivity contribution < 1.29 is 9.53 Å². The van der Waals surface area contributed by atoms with Crippen LogP contribution < -0.4 is 5.32 Å². The lowest BCUT2D eigenvalue weighted by molar-refractivity contribution is 0.187. The monoisotopic (exact) mass is 342 g/mol. The summed E-state index contributed by atoms with van der Waals surface area (Å²) >= 11 is 0. The molecule has 0 spiro atoms. The van der Waals surface area contributed by atoms with Crippen LogP contribution in [0.1, 0.15) is 11.1 Å². The van der Waals surface area contributed by atoms with Crippen molar-refractivity contribution in [3.05, 3.63) is 83.9 Å². The molecule has 0 atom stereocenters. The Balaban J connectivity index is 1.75. The Morgan fingerprint density at radius 3 is 2.04 bits per heavy atom. The zero-order valence-corrected chi connectivity index (χ0v) is 14.4. The van der Waals surface area contributed by atoms with Gasteiger partial charge in [-0.05, 0) is 41.8 Å². The van der Waals surface area contributed by atoms with Crippen molar-refractivity contribution in [3.8, 4) is 0 Å². The zero-order valence-electron chi connectivity index (χ0n) is 14.4. The fourth-order valence-electron chi connectivity index (χ4n) is 3.20. The van der Waals surface area contributed by atoms with Gasteiger partial charge in [-0.15, -0.1) is 0 Å². The number of benzene rings is 3. The Labute approximate surface area is 151 Å². The lowest BCUT2D eigenvalue weighted by atomic mass is 9.96. The van der Waals surface area contributed by atoms with E-state index in [1.807, 2.05) is 48.5 Å². The van der Waals surface area contributed by atoms with Crippen LogP contribution >= 0.6 is 0 Å². The van der Waals surface area contributed by atoms with Gasteiger partial charge in [-0.2, -0.15) is 0 Å². The summed E-state index contributed by atoms with van der Waals surface area (Å²) in [5, 5.41) is 5.01. The first-order chi connectivity index (χ1) is 12.7. The number of anilines is 1. The summed E-state index contributed by atoms with van der Waals surface area (Å²) in [5.41, 5.74) is 5.15. The number of carbonyl (C=O) groups is 1. The number of amides is 1. The molecule has 0 aliphatic rings. The van der Waals surface area contributed by atoms with E-state index < -0.39 is 6.09 Å². The van der Waals surface area contributed by atoms with Crippen LogP contribution in [0.3, 0.4) is 0 Å². The highest BCUT2D eigenvalue weighted by Crippen LogP contribution is 2.28. The van der Waals surface area contributed by atoms with Crippen molar-refractivity contribution in [3.63, 3.8) is 0 Å². The van der Waals surface area contributed by atoms with E-state index in [4.69, 9.17) is 4.98 Å². The first kappa shape index (κ1) is 16.1. The van der Waals surface area contributed by atoms with Crippen molar-refractivity contribution in [1.82, 2.24) is 4.98 Å². The summed E-state index contributed by atoms with van der Waals surface area (Å²) in [6, 6.07) is 24.3. The summed E-state index contributed by atoms with van der Waals surface area (Å²) in [6.07, 6.45) is 0.325. The number of hydrogen-bond acceptors (Lipinski definition) is 3. The summed E-state index contributed by atoms with van der Waals surface area (Å²) in [5.74, 6) is 0. The lowest BCUT2D eigenvalue weighted by Gasteiger charge is -2.11. The minimum atomic E-state index is -0.469. The molecule has 0 saturated carbocycles. The van der Waals surface area contributed by atoms with Gasteiger partial charge in [0.15, 0.2) is 0 Å². The Bertz CT molecular complexity index is 1030. The third-order valence-electron chi connectivity index (χ3n) is 4.47. The third kappa shape index (κ3) is 3.09. The molecular weight excluding hydrogens is 324 g/mol. The molecule has 1 heterocycles. The number of nitrogens with one attached hydrogen (secondary N) is 1. The van der Waals surface area contributed by atoms with Gasteiger partial charge in [0.2, 0.25) is 0 Å². The number of pyridine rings is 1. The summed E-state index contributed by atoms with van der Waals surface area (Å²) in [4.78, 5) is 16.1. The summed E-state index contributed by atoms with van der Waals surface area (Å²) in [6.45, 7) is 0. The van der Waals surface area contributed by atoms with Gasteiger partial charge in [-0.25, -0.2) is 9.78 Å². The predicted molar refractivity (Wildman–Crippen MR) is 105 cm³/mol. The largest absolute Gasteiger partial charge is 0.453 e. The van der Waals surface area contributed by atoms with Gasteiger partial charge in [0.05, 0.1) is 18.1 Å². The maximum Gasteiger partial charge on any atom is 0.411 e. The fraction of sp³-hybridized carbons (Fsp3) is 0.0909. The first-order valence-corrected chi connectivity index (χ1v) is 8.45. The van der Waals surface area contributed by atoms with E-state index in [1.54, 1.807) is 0 Å². The van der Waals surface area contributed by atoms with E-state index in [2.05, 4.69) is 34.3 Å². The Morgan fingerprint density at radius 2 is 1.46 bits per heavy atom. The molecule has 128 valence electrons. The fourth-order valence-corrected chi connectivity index (χ4v) is 3.20. The second-order valence-corrected chi connectivity index (χ2v) is 6.11. The number of rotatable bonds is 3. The quantitative estimate of drug-likeness (QED) is 0.523. The van der Waals surface area contributed by atoms with Gasteiger partial charge in [-0.3, -0.25) is 5.32 Å².